The second kappa shape index (κ2) is 7.20. The summed E-state index contributed by atoms with van der Waals surface area (Å²) >= 11 is 7.51. The Morgan fingerprint density at radius 1 is 1.40 bits per heavy atom. The number of methoxy groups -OCH3 is 1. The molecule has 0 unspecified atom stereocenters. The second-order valence-electron chi connectivity index (χ2n) is 5.12. The topological polar surface area (TPSA) is 96.2 Å². The van der Waals surface area contributed by atoms with Gasteiger partial charge >= 0.3 is 5.97 Å². The van der Waals surface area contributed by atoms with Gasteiger partial charge in [-0.1, -0.05) is 35.5 Å². The first kappa shape index (κ1) is 17.4. The van der Waals surface area contributed by atoms with E-state index in [4.69, 9.17) is 26.6 Å². The van der Waals surface area contributed by atoms with Crippen LogP contribution in [0.1, 0.15) is 21.9 Å². The minimum absolute atomic E-state index is 0.407. The quantitative estimate of drug-likeness (QED) is 0.413. The fraction of sp³-hybridized carbons (Fsp3) is 0.188. The van der Waals surface area contributed by atoms with E-state index in [0.717, 1.165) is 0 Å². The molecule has 0 aliphatic rings. The molecule has 0 aliphatic carbocycles. The highest BCUT2D eigenvalue weighted by Crippen LogP contribution is 2.29. The van der Waals surface area contributed by atoms with Crippen LogP contribution in [-0.2, 0) is 10.5 Å². The molecule has 0 aliphatic heterocycles. The van der Waals surface area contributed by atoms with Gasteiger partial charge in [0.1, 0.15) is 17.1 Å². The number of halogens is 1. The molecule has 9 heteroatoms. The van der Waals surface area contributed by atoms with E-state index in [1.54, 1.807) is 19.1 Å². The standard InChI is InChI=1S/C16H15ClN4O3S/c1-9-12(15(22)23-2)7-10(24-9)8-25-16-20-19-14(21(16)18)11-5-3-4-6-13(11)17/h3-7H,8,18H2,1-2H3. The molecule has 1 aromatic carbocycles. The number of ether oxygens (including phenoxy) is 1. The fourth-order valence-electron chi connectivity index (χ4n) is 2.26. The monoisotopic (exact) mass is 378 g/mol. The van der Waals surface area contributed by atoms with Crippen molar-refractivity contribution in [3.8, 4) is 11.4 Å². The molecule has 0 spiro atoms. The molecule has 0 saturated carbocycles. The van der Waals surface area contributed by atoms with Crippen LogP contribution in [0.3, 0.4) is 0 Å². The second-order valence-corrected chi connectivity index (χ2v) is 6.47. The number of thioether (sulfide) groups is 1. The number of benzene rings is 1. The molecule has 2 aromatic heterocycles. The highest BCUT2D eigenvalue weighted by atomic mass is 35.5. The number of rotatable bonds is 5. The molecule has 0 amide bonds. The van der Waals surface area contributed by atoms with Gasteiger partial charge in [-0.25, -0.2) is 9.47 Å². The lowest BCUT2D eigenvalue weighted by molar-refractivity contribution is 0.0599. The Hall–Kier alpha value is -2.45. The van der Waals surface area contributed by atoms with E-state index in [1.807, 2.05) is 18.2 Å². The van der Waals surface area contributed by atoms with E-state index in [9.17, 15) is 4.79 Å². The Labute approximate surface area is 153 Å². The zero-order valence-corrected chi connectivity index (χ0v) is 15.1. The maximum Gasteiger partial charge on any atom is 0.341 e. The van der Waals surface area contributed by atoms with E-state index in [-0.39, 0.29) is 0 Å². The van der Waals surface area contributed by atoms with Gasteiger partial charge in [0.15, 0.2) is 5.82 Å². The lowest BCUT2D eigenvalue weighted by Gasteiger charge is -2.04. The number of furan rings is 1. The summed E-state index contributed by atoms with van der Waals surface area (Å²) in [6.07, 6.45) is 0. The lowest BCUT2D eigenvalue weighted by Crippen LogP contribution is -2.11. The lowest BCUT2D eigenvalue weighted by atomic mass is 10.2. The largest absolute Gasteiger partial charge is 0.465 e. The summed E-state index contributed by atoms with van der Waals surface area (Å²) in [7, 11) is 1.33. The summed E-state index contributed by atoms with van der Waals surface area (Å²) in [5.41, 5.74) is 1.11. The van der Waals surface area contributed by atoms with Crippen LogP contribution in [0.2, 0.25) is 5.02 Å². The summed E-state index contributed by atoms with van der Waals surface area (Å²) in [5.74, 6) is 7.69. The molecule has 0 saturated heterocycles. The van der Waals surface area contributed by atoms with E-state index >= 15 is 0 Å². The molecule has 2 N–H and O–H groups in total. The Bertz CT molecular complexity index is 922. The van der Waals surface area contributed by atoms with Crippen molar-refractivity contribution in [2.45, 2.75) is 17.8 Å². The molecule has 0 bridgehead atoms. The van der Waals surface area contributed by atoms with Crippen molar-refractivity contribution in [2.75, 3.05) is 13.0 Å². The molecule has 0 fully saturated rings. The minimum Gasteiger partial charge on any atom is -0.465 e. The molecule has 3 rings (SSSR count). The predicted octanol–water partition coefficient (Wildman–Crippen LogP) is 3.29. The van der Waals surface area contributed by atoms with Crippen molar-refractivity contribution in [3.63, 3.8) is 0 Å². The first-order valence-electron chi connectivity index (χ1n) is 7.27. The van der Waals surface area contributed by atoms with Crippen LogP contribution in [0.5, 0.6) is 0 Å². The third-order valence-electron chi connectivity index (χ3n) is 3.50. The zero-order chi connectivity index (χ0) is 18.0. The Morgan fingerprint density at radius 2 is 2.16 bits per heavy atom. The first-order valence-corrected chi connectivity index (χ1v) is 8.63. The van der Waals surface area contributed by atoms with Gasteiger partial charge in [0.05, 0.1) is 17.9 Å². The Morgan fingerprint density at radius 3 is 2.88 bits per heavy atom. The average Bonchev–Trinajstić information content (AvgIpc) is 3.15. The third-order valence-corrected chi connectivity index (χ3v) is 4.79. The predicted molar refractivity (Wildman–Crippen MR) is 95.0 cm³/mol. The van der Waals surface area contributed by atoms with Gasteiger partial charge < -0.3 is 15.0 Å². The number of hydrogen-bond donors (Lipinski definition) is 1. The molecule has 130 valence electrons. The number of aryl methyl sites for hydroxylation is 1. The molecular weight excluding hydrogens is 364 g/mol. The Kier molecular flexibility index (Phi) is 5.00. The van der Waals surface area contributed by atoms with E-state index in [0.29, 0.717) is 44.4 Å². The smallest absolute Gasteiger partial charge is 0.341 e. The average molecular weight is 379 g/mol. The number of esters is 1. The number of carbonyl (C=O) groups is 1. The van der Waals surface area contributed by atoms with Crippen molar-refractivity contribution >= 4 is 29.3 Å². The number of carbonyl (C=O) groups excluding carboxylic acids is 1. The maximum atomic E-state index is 11.6. The highest BCUT2D eigenvalue weighted by Gasteiger charge is 2.18. The summed E-state index contributed by atoms with van der Waals surface area (Å²) in [5, 5.41) is 9.24. The molecule has 0 radical (unpaired) electrons. The van der Waals surface area contributed by atoms with Gasteiger partial charge in [-0.05, 0) is 25.1 Å². The highest BCUT2D eigenvalue weighted by molar-refractivity contribution is 7.98. The summed E-state index contributed by atoms with van der Waals surface area (Å²) in [6.45, 7) is 1.71. The van der Waals surface area contributed by atoms with Crippen LogP contribution in [0.25, 0.3) is 11.4 Å². The number of aromatic nitrogens is 3. The van der Waals surface area contributed by atoms with Crippen LogP contribution in [0.4, 0.5) is 0 Å². The Balaban J connectivity index is 1.77. The van der Waals surface area contributed by atoms with Gasteiger partial charge in [0.2, 0.25) is 5.16 Å². The number of nitrogens with two attached hydrogens (primary N) is 1. The van der Waals surface area contributed by atoms with Crippen molar-refractivity contribution in [2.24, 2.45) is 0 Å². The van der Waals surface area contributed by atoms with Crippen LogP contribution >= 0.6 is 23.4 Å². The van der Waals surface area contributed by atoms with Crippen LogP contribution < -0.4 is 5.84 Å². The molecule has 2 heterocycles. The van der Waals surface area contributed by atoms with Gasteiger partial charge in [0.25, 0.3) is 0 Å². The summed E-state index contributed by atoms with van der Waals surface area (Å²) in [6, 6.07) is 8.92. The van der Waals surface area contributed by atoms with Crippen molar-refractivity contribution in [1.82, 2.24) is 14.9 Å². The third kappa shape index (κ3) is 3.49. The summed E-state index contributed by atoms with van der Waals surface area (Å²) < 4.78 is 11.7. The van der Waals surface area contributed by atoms with Crippen LogP contribution in [0.15, 0.2) is 39.9 Å². The normalized spacial score (nSPS) is 10.8. The number of hydrogen-bond acceptors (Lipinski definition) is 7. The van der Waals surface area contributed by atoms with Crippen molar-refractivity contribution < 1.29 is 13.9 Å². The van der Waals surface area contributed by atoms with Gasteiger partial charge in [-0.15, -0.1) is 10.2 Å². The van der Waals surface area contributed by atoms with Gasteiger partial charge in [0, 0.05) is 5.56 Å². The first-order chi connectivity index (χ1) is 12.0. The molecule has 0 atom stereocenters. The molecular formula is C16H15ClN4O3S. The van der Waals surface area contributed by atoms with Crippen molar-refractivity contribution in [1.29, 1.82) is 0 Å². The molecule has 3 aromatic rings. The van der Waals surface area contributed by atoms with Crippen molar-refractivity contribution in [3.05, 3.63) is 52.4 Å². The number of nitrogens with zero attached hydrogens (tertiary/aromatic N) is 3. The van der Waals surface area contributed by atoms with E-state index in [2.05, 4.69) is 10.2 Å². The van der Waals surface area contributed by atoms with Crippen LogP contribution in [0, 0.1) is 6.92 Å². The van der Waals surface area contributed by atoms with E-state index < -0.39 is 5.97 Å². The number of nitrogen functional groups attached to an aromatic ring is 1. The summed E-state index contributed by atoms with van der Waals surface area (Å²) in [4.78, 5) is 11.6. The zero-order valence-electron chi connectivity index (χ0n) is 13.5. The van der Waals surface area contributed by atoms with E-state index in [1.165, 1.54) is 23.5 Å². The SMILES string of the molecule is COC(=O)c1cc(CSc2nnc(-c3ccccc3Cl)n2N)oc1C. The van der Waals surface area contributed by atoms with Crippen LogP contribution in [-0.4, -0.2) is 28.0 Å². The fourth-order valence-corrected chi connectivity index (χ4v) is 3.22. The van der Waals surface area contributed by atoms with Gasteiger partial charge in [-0.3, -0.25) is 0 Å². The molecule has 25 heavy (non-hydrogen) atoms. The maximum absolute atomic E-state index is 11.6. The van der Waals surface area contributed by atoms with Gasteiger partial charge in [-0.2, -0.15) is 0 Å². The molecule has 7 nitrogen and oxygen atoms in total. The minimum atomic E-state index is -0.430.